The topological polar surface area (TPSA) is 42.2 Å². The van der Waals surface area contributed by atoms with E-state index in [-0.39, 0.29) is 11.7 Å². The fraction of sp³-hybridized carbons (Fsp3) is 0.100. The molecule has 0 saturated carbocycles. The minimum absolute atomic E-state index is 0.0673. The minimum atomic E-state index is -0.141. The molecule has 72 valence electrons. The van der Waals surface area contributed by atoms with Crippen molar-refractivity contribution in [1.82, 2.24) is 4.57 Å². The Balaban J connectivity index is 2.84. The van der Waals surface area contributed by atoms with Gasteiger partial charge in [-0.1, -0.05) is 11.6 Å². The van der Waals surface area contributed by atoms with Crippen molar-refractivity contribution in [3.63, 3.8) is 0 Å². The predicted octanol–water partition coefficient (Wildman–Crippen LogP) is 2.66. The second-order valence-corrected chi connectivity index (χ2v) is 3.50. The molecule has 0 aliphatic carbocycles. The number of nitrogens with zero attached hydrogens (tertiary/aromatic N) is 1. The van der Waals surface area contributed by atoms with Crippen LogP contribution >= 0.6 is 11.6 Å². The van der Waals surface area contributed by atoms with Gasteiger partial charge in [-0.3, -0.25) is 9.36 Å². The van der Waals surface area contributed by atoms with E-state index in [2.05, 4.69) is 0 Å². The van der Waals surface area contributed by atoms with E-state index in [1.807, 2.05) is 0 Å². The summed E-state index contributed by atoms with van der Waals surface area (Å²) in [6.07, 6.45) is 1.39. The van der Waals surface area contributed by atoms with Crippen molar-refractivity contribution in [3.8, 4) is 5.75 Å². The summed E-state index contributed by atoms with van der Waals surface area (Å²) < 4.78 is 1.39. The summed E-state index contributed by atoms with van der Waals surface area (Å²) >= 11 is 5.77. The second-order valence-electron chi connectivity index (χ2n) is 3.06. The lowest BCUT2D eigenvalue weighted by Crippen LogP contribution is -2.02. The predicted molar refractivity (Wildman–Crippen MR) is 54.9 cm³/mol. The molecule has 0 bridgehead atoms. The number of hydrogen-bond donors (Lipinski definition) is 1. The van der Waals surface area contributed by atoms with Crippen LogP contribution in [0.25, 0.3) is 10.9 Å². The summed E-state index contributed by atoms with van der Waals surface area (Å²) in [5, 5.41) is 10.7. The Labute approximate surface area is 85.5 Å². The number of carbonyl (C=O) groups excluding carboxylic acids is 1. The molecular formula is C10H8ClNO2. The first kappa shape index (κ1) is 9.09. The van der Waals surface area contributed by atoms with E-state index in [4.69, 9.17) is 11.6 Å². The number of halogens is 1. The van der Waals surface area contributed by atoms with Crippen LogP contribution in [0, 0.1) is 0 Å². The third-order valence-corrected chi connectivity index (χ3v) is 2.32. The molecule has 0 fully saturated rings. The van der Waals surface area contributed by atoms with Crippen molar-refractivity contribution in [2.24, 2.45) is 0 Å². The summed E-state index contributed by atoms with van der Waals surface area (Å²) in [7, 11) is 0. The molecule has 0 radical (unpaired) electrons. The zero-order chi connectivity index (χ0) is 10.3. The van der Waals surface area contributed by atoms with E-state index in [1.54, 1.807) is 18.2 Å². The molecule has 0 aliphatic rings. The standard InChI is InChI=1S/C10H8ClNO2/c1-6(13)12-5-10(14)8-4-7(11)2-3-9(8)12/h2-5,14H,1H3. The van der Waals surface area contributed by atoms with Gasteiger partial charge >= 0.3 is 0 Å². The Bertz CT molecular complexity index is 516. The number of aromatic nitrogens is 1. The molecule has 3 nitrogen and oxygen atoms in total. The van der Waals surface area contributed by atoms with Gasteiger partial charge in [0.15, 0.2) is 0 Å². The normalized spacial score (nSPS) is 10.7. The van der Waals surface area contributed by atoms with Crippen molar-refractivity contribution in [2.45, 2.75) is 6.92 Å². The lowest BCUT2D eigenvalue weighted by atomic mass is 10.2. The molecule has 0 aliphatic heterocycles. The van der Waals surface area contributed by atoms with E-state index in [0.717, 1.165) is 0 Å². The number of benzene rings is 1. The van der Waals surface area contributed by atoms with Crippen molar-refractivity contribution in [3.05, 3.63) is 29.4 Å². The fourth-order valence-corrected chi connectivity index (χ4v) is 1.62. The molecule has 4 heteroatoms. The van der Waals surface area contributed by atoms with E-state index < -0.39 is 0 Å². The largest absolute Gasteiger partial charge is 0.506 e. The number of carbonyl (C=O) groups is 1. The van der Waals surface area contributed by atoms with Gasteiger partial charge in [-0.05, 0) is 18.2 Å². The summed E-state index contributed by atoms with van der Waals surface area (Å²) in [5.41, 5.74) is 0.666. The maximum Gasteiger partial charge on any atom is 0.228 e. The highest BCUT2D eigenvalue weighted by Crippen LogP contribution is 2.29. The number of rotatable bonds is 0. The summed E-state index contributed by atoms with van der Waals surface area (Å²) in [6, 6.07) is 5.02. The van der Waals surface area contributed by atoms with Crippen LogP contribution in [0.4, 0.5) is 0 Å². The Kier molecular flexibility index (Phi) is 1.97. The van der Waals surface area contributed by atoms with Crippen LogP contribution in [0.15, 0.2) is 24.4 Å². The number of fused-ring (bicyclic) bond motifs is 1. The van der Waals surface area contributed by atoms with Gasteiger partial charge in [-0.25, -0.2) is 0 Å². The molecule has 1 heterocycles. The molecule has 0 atom stereocenters. The monoisotopic (exact) mass is 209 g/mol. The smallest absolute Gasteiger partial charge is 0.228 e. The van der Waals surface area contributed by atoms with Crippen molar-refractivity contribution >= 4 is 28.4 Å². The van der Waals surface area contributed by atoms with E-state index in [0.29, 0.717) is 15.9 Å². The molecule has 0 unspecified atom stereocenters. The van der Waals surface area contributed by atoms with Crippen molar-refractivity contribution in [1.29, 1.82) is 0 Å². The van der Waals surface area contributed by atoms with E-state index in [9.17, 15) is 9.90 Å². The molecule has 0 spiro atoms. The molecule has 2 rings (SSSR count). The quantitative estimate of drug-likeness (QED) is 0.725. The molecule has 2 aromatic rings. The fourth-order valence-electron chi connectivity index (χ4n) is 1.45. The Morgan fingerprint density at radius 3 is 2.86 bits per heavy atom. The zero-order valence-corrected chi connectivity index (χ0v) is 8.25. The maximum atomic E-state index is 11.2. The summed E-state index contributed by atoms with van der Waals surface area (Å²) in [6.45, 7) is 1.44. The van der Waals surface area contributed by atoms with Crippen molar-refractivity contribution < 1.29 is 9.90 Å². The van der Waals surface area contributed by atoms with Gasteiger partial charge in [0.1, 0.15) is 5.75 Å². The number of aromatic hydroxyl groups is 1. The SMILES string of the molecule is CC(=O)n1cc(O)c2cc(Cl)ccc21. The third kappa shape index (κ3) is 1.26. The lowest BCUT2D eigenvalue weighted by Gasteiger charge is -1.97. The molecule has 0 saturated heterocycles. The Morgan fingerprint density at radius 1 is 1.50 bits per heavy atom. The highest BCUT2D eigenvalue weighted by atomic mass is 35.5. The first-order chi connectivity index (χ1) is 6.59. The summed E-state index contributed by atoms with van der Waals surface area (Å²) in [4.78, 5) is 11.2. The van der Waals surface area contributed by atoms with Crippen LogP contribution in [-0.4, -0.2) is 15.6 Å². The highest BCUT2D eigenvalue weighted by molar-refractivity contribution is 6.31. The van der Waals surface area contributed by atoms with Crippen LogP contribution in [0.3, 0.4) is 0 Å². The van der Waals surface area contributed by atoms with Gasteiger partial charge in [0.25, 0.3) is 0 Å². The molecule has 14 heavy (non-hydrogen) atoms. The van der Waals surface area contributed by atoms with Gasteiger partial charge < -0.3 is 5.11 Å². The molecular weight excluding hydrogens is 202 g/mol. The molecule has 0 amide bonds. The van der Waals surface area contributed by atoms with Gasteiger partial charge in [0.05, 0.1) is 11.7 Å². The zero-order valence-electron chi connectivity index (χ0n) is 7.49. The molecule has 1 aromatic heterocycles. The van der Waals surface area contributed by atoms with Gasteiger partial charge in [-0.2, -0.15) is 0 Å². The van der Waals surface area contributed by atoms with E-state index in [1.165, 1.54) is 17.7 Å². The first-order valence-electron chi connectivity index (χ1n) is 4.10. The maximum absolute atomic E-state index is 11.2. The average molecular weight is 210 g/mol. The average Bonchev–Trinajstić information content (AvgIpc) is 2.44. The van der Waals surface area contributed by atoms with Crippen LogP contribution in [-0.2, 0) is 0 Å². The second kappa shape index (κ2) is 3.03. The molecule has 1 aromatic carbocycles. The highest BCUT2D eigenvalue weighted by Gasteiger charge is 2.09. The van der Waals surface area contributed by atoms with Crippen LogP contribution in [0.1, 0.15) is 11.7 Å². The summed E-state index contributed by atoms with van der Waals surface area (Å²) in [5.74, 6) is -0.0738. The first-order valence-corrected chi connectivity index (χ1v) is 4.48. The lowest BCUT2D eigenvalue weighted by molar-refractivity contribution is 0.0941. The van der Waals surface area contributed by atoms with Crippen molar-refractivity contribution in [2.75, 3.05) is 0 Å². The Morgan fingerprint density at radius 2 is 2.21 bits per heavy atom. The van der Waals surface area contributed by atoms with Gasteiger partial charge in [-0.15, -0.1) is 0 Å². The van der Waals surface area contributed by atoms with Crippen LogP contribution in [0.5, 0.6) is 5.75 Å². The van der Waals surface area contributed by atoms with E-state index >= 15 is 0 Å². The third-order valence-electron chi connectivity index (χ3n) is 2.08. The number of hydrogen-bond acceptors (Lipinski definition) is 2. The van der Waals surface area contributed by atoms with Gasteiger partial charge in [0.2, 0.25) is 5.91 Å². The Hall–Kier alpha value is -1.48. The van der Waals surface area contributed by atoms with Crippen LogP contribution in [0.2, 0.25) is 5.02 Å². The minimum Gasteiger partial charge on any atom is -0.506 e. The molecule has 1 N–H and O–H groups in total. The van der Waals surface area contributed by atoms with Gasteiger partial charge in [0, 0.05) is 17.3 Å². The van der Waals surface area contributed by atoms with Crippen LogP contribution < -0.4 is 0 Å².